The van der Waals surface area contributed by atoms with Gasteiger partial charge in [0.15, 0.2) is 11.6 Å². The van der Waals surface area contributed by atoms with E-state index in [1.54, 1.807) is 68.4 Å². The third-order valence-corrected chi connectivity index (χ3v) is 15.2. The summed E-state index contributed by atoms with van der Waals surface area (Å²) in [5.41, 5.74) is 2.96. The van der Waals surface area contributed by atoms with Crippen molar-refractivity contribution in [1.29, 1.82) is 0 Å². The van der Waals surface area contributed by atoms with E-state index >= 15 is 4.79 Å². The number of nitrogens with one attached hydrogen (secondary N) is 3. The van der Waals surface area contributed by atoms with E-state index in [-0.39, 0.29) is 69.0 Å². The number of nitrogens with zero attached hydrogens (tertiary/aromatic N) is 7. The molecule has 8 rings (SSSR count). The highest BCUT2D eigenvalue weighted by atomic mass is 35.5. The van der Waals surface area contributed by atoms with Crippen LogP contribution in [0.15, 0.2) is 97.1 Å². The van der Waals surface area contributed by atoms with Gasteiger partial charge in [-0.05, 0) is 99.3 Å². The average Bonchev–Trinajstić information content (AvgIpc) is 4.13. The number of halogens is 2. The van der Waals surface area contributed by atoms with E-state index < -0.39 is 47.8 Å². The summed E-state index contributed by atoms with van der Waals surface area (Å²) in [7, 11) is 4.64. The van der Waals surface area contributed by atoms with Crippen LogP contribution in [0, 0.1) is 11.8 Å². The number of benzene rings is 4. The Morgan fingerprint density at radius 1 is 0.789 bits per heavy atom. The van der Waals surface area contributed by atoms with Crippen LogP contribution in [0.25, 0.3) is 11.4 Å². The molecule has 0 radical (unpaired) electrons. The maximum Gasteiger partial charge on any atom is 0.247 e. The number of rotatable bonds is 12. The second-order valence-corrected chi connectivity index (χ2v) is 20.8. The summed E-state index contributed by atoms with van der Waals surface area (Å²) in [6.45, 7) is 6.16. The fourth-order valence-electron chi connectivity index (χ4n) is 9.96. The molecule has 3 aliphatic rings. The summed E-state index contributed by atoms with van der Waals surface area (Å²) >= 11 is 12.8. The fourth-order valence-corrected chi connectivity index (χ4v) is 10.3. The summed E-state index contributed by atoms with van der Waals surface area (Å²) in [6.07, 6.45) is 0.963. The van der Waals surface area contributed by atoms with Gasteiger partial charge in [0.2, 0.25) is 35.4 Å². The maximum atomic E-state index is 15.1. The topological polar surface area (TPSA) is 201 Å². The van der Waals surface area contributed by atoms with E-state index in [1.165, 1.54) is 16.9 Å². The number of aromatic nitrogens is 3. The number of ether oxygens (including phenoxy) is 2. The first-order valence-electron chi connectivity index (χ1n) is 25.7. The minimum atomic E-state index is -1.21. The minimum absolute atomic E-state index is 0.0205. The van der Waals surface area contributed by atoms with Crippen molar-refractivity contribution in [3.63, 3.8) is 0 Å². The molecule has 18 nitrogen and oxygen atoms in total. The third-order valence-electron chi connectivity index (χ3n) is 14.7. The number of hydrogen-bond donors (Lipinski definition) is 3. The van der Waals surface area contributed by atoms with Crippen LogP contribution in [0.2, 0.25) is 10.0 Å². The summed E-state index contributed by atoms with van der Waals surface area (Å²) < 4.78 is 14.0. The number of carbonyl (C=O) groups excluding carboxylic acids is 6. The highest BCUT2D eigenvalue weighted by Gasteiger charge is 2.37. The molecule has 4 aromatic carbocycles. The van der Waals surface area contributed by atoms with E-state index in [0.29, 0.717) is 64.9 Å². The standard InChI is InChI=1S/C56H66Cl2N10O8/c1-35-30-60-50(69)29-45(26-38-11-16-43(57)17-12-38)65(4)56(74)47(34-75-5)61-53(71)36(2)68(51(70)27-42(54(72)64(35)3)25-37-9-7-6-8-10-37)32-41-13-18-44(58)28-48(41)76-46-19-14-39(15-20-46)52-63-62-49-33-66(23-24-67(49)52)55(73)40-21-22-59-31-40/h6-20,28,35-36,40,42,45,47,59H,21-27,29-34H2,1-5H3,(H,60,69)(H,61,71)/t35-,36-,40?,42+,45-,47-/m0/s1. The molecule has 6 amide bonds. The molecule has 0 saturated carbocycles. The molecule has 0 spiro atoms. The normalized spacial score (nSPS) is 22.4. The van der Waals surface area contributed by atoms with Gasteiger partial charge in [0, 0.05) is 93.5 Å². The maximum absolute atomic E-state index is 15.1. The second kappa shape index (κ2) is 25.3. The molecule has 5 aromatic rings. The van der Waals surface area contributed by atoms with Gasteiger partial charge in [0.1, 0.15) is 23.6 Å². The molecule has 1 aromatic heterocycles. The van der Waals surface area contributed by atoms with Crippen LogP contribution in [0.3, 0.4) is 0 Å². The van der Waals surface area contributed by atoms with E-state index in [9.17, 15) is 24.0 Å². The lowest BCUT2D eigenvalue weighted by atomic mass is 9.93. The van der Waals surface area contributed by atoms with E-state index in [2.05, 4.69) is 26.1 Å². The Morgan fingerprint density at radius 3 is 2.22 bits per heavy atom. The van der Waals surface area contributed by atoms with Crippen molar-refractivity contribution in [3.8, 4) is 22.9 Å². The van der Waals surface area contributed by atoms with Crippen molar-refractivity contribution >= 4 is 58.6 Å². The van der Waals surface area contributed by atoms with Crippen molar-refractivity contribution in [2.75, 3.05) is 54.0 Å². The first-order valence-corrected chi connectivity index (χ1v) is 26.5. The number of hydrogen-bond acceptors (Lipinski definition) is 11. The summed E-state index contributed by atoms with van der Waals surface area (Å²) in [5.74, 6) is -0.939. The molecule has 2 fully saturated rings. The largest absolute Gasteiger partial charge is 0.457 e. The molecule has 4 heterocycles. The predicted molar refractivity (Wildman–Crippen MR) is 287 cm³/mol. The smallest absolute Gasteiger partial charge is 0.247 e. The predicted octanol–water partition coefficient (Wildman–Crippen LogP) is 5.53. The van der Waals surface area contributed by atoms with Crippen molar-refractivity contribution in [2.24, 2.45) is 11.8 Å². The minimum Gasteiger partial charge on any atom is -0.457 e. The van der Waals surface area contributed by atoms with Gasteiger partial charge in [0.05, 0.1) is 31.5 Å². The summed E-state index contributed by atoms with van der Waals surface area (Å²) in [5, 5.41) is 18.9. The van der Waals surface area contributed by atoms with Gasteiger partial charge < -0.3 is 49.6 Å². The number of likely N-dealkylation sites (N-methyl/N-ethyl adjacent to an activating group) is 2. The Labute approximate surface area is 453 Å². The monoisotopic (exact) mass is 1080 g/mol. The Bertz CT molecular complexity index is 2860. The first-order chi connectivity index (χ1) is 36.6. The molecule has 0 bridgehead atoms. The Morgan fingerprint density at radius 2 is 1.51 bits per heavy atom. The van der Waals surface area contributed by atoms with Crippen molar-refractivity contribution in [1.82, 2.24) is 50.3 Å². The molecule has 76 heavy (non-hydrogen) atoms. The van der Waals surface area contributed by atoms with E-state index in [1.807, 2.05) is 71.0 Å². The molecule has 2 saturated heterocycles. The molecule has 0 aliphatic carbocycles. The average molecular weight is 1080 g/mol. The van der Waals surface area contributed by atoms with Gasteiger partial charge in [-0.15, -0.1) is 10.2 Å². The van der Waals surface area contributed by atoms with Gasteiger partial charge in [-0.2, -0.15) is 0 Å². The molecule has 6 atom stereocenters. The Kier molecular flexibility index (Phi) is 18.4. The molecule has 3 N–H and O–H groups in total. The van der Waals surface area contributed by atoms with Gasteiger partial charge >= 0.3 is 0 Å². The van der Waals surface area contributed by atoms with Crippen LogP contribution in [-0.4, -0.2) is 148 Å². The fraction of sp³-hybridized carbons (Fsp3) is 0.429. The van der Waals surface area contributed by atoms with Gasteiger partial charge in [-0.25, -0.2) is 0 Å². The number of fused-ring (bicyclic) bond motifs is 1. The molecular weight excluding hydrogens is 1010 g/mol. The van der Waals surface area contributed by atoms with Crippen LogP contribution in [0.1, 0.15) is 55.6 Å². The van der Waals surface area contributed by atoms with E-state index in [0.717, 1.165) is 29.7 Å². The molecule has 3 aliphatic heterocycles. The van der Waals surface area contributed by atoms with Gasteiger partial charge in [-0.1, -0.05) is 71.7 Å². The van der Waals surface area contributed by atoms with Crippen LogP contribution in [-0.2, 0) is 66.0 Å². The lowest BCUT2D eigenvalue weighted by Crippen LogP contribution is -2.57. The molecular formula is C56H66Cl2N10O8. The van der Waals surface area contributed by atoms with E-state index in [4.69, 9.17) is 32.7 Å². The second-order valence-electron chi connectivity index (χ2n) is 20.0. The third kappa shape index (κ3) is 13.6. The van der Waals surface area contributed by atoms with Gasteiger partial charge in [0.25, 0.3) is 0 Å². The van der Waals surface area contributed by atoms with Crippen molar-refractivity contribution in [2.45, 2.75) is 89.8 Å². The van der Waals surface area contributed by atoms with Crippen LogP contribution >= 0.6 is 23.2 Å². The molecule has 402 valence electrons. The van der Waals surface area contributed by atoms with Crippen LogP contribution in [0.4, 0.5) is 0 Å². The highest BCUT2D eigenvalue weighted by Crippen LogP contribution is 2.33. The zero-order valence-electron chi connectivity index (χ0n) is 43.5. The zero-order valence-corrected chi connectivity index (χ0v) is 45.1. The lowest BCUT2D eigenvalue weighted by molar-refractivity contribution is -0.147. The van der Waals surface area contributed by atoms with Crippen LogP contribution < -0.4 is 20.7 Å². The SMILES string of the molecule is COC[C@@H]1NC(=O)[C@H](C)N(Cc2ccc(Cl)cc2Oc2ccc(-c3nnc4n3CCN(C(=O)C3CCNC3)C4)cc2)C(=O)C[C@@H](Cc2ccccc2)C(=O)N(C)[C@@H](C)CNC(=O)C[C@H](Cc2ccc(Cl)cc2)N(C)C1=O. The number of carbonyl (C=O) groups is 6. The summed E-state index contributed by atoms with van der Waals surface area (Å²) in [6, 6.07) is 25.3. The number of methoxy groups -OCH3 is 1. The van der Waals surface area contributed by atoms with Crippen LogP contribution in [0.5, 0.6) is 11.5 Å². The molecule has 1 unspecified atom stereocenters. The molecule has 20 heteroatoms. The summed E-state index contributed by atoms with van der Waals surface area (Å²) in [4.78, 5) is 92.0. The van der Waals surface area contributed by atoms with Crippen molar-refractivity contribution in [3.05, 3.63) is 130 Å². The first kappa shape index (κ1) is 55.4. The Balaban J connectivity index is 1.08. The van der Waals surface area contributed by atoms with Crippen molar-refractivity contribution < 1.29 is 38.2 Å². The number of amides is 6. The zero-order chi connectivity index (χ0) is 54.0. The quantitative estimate of drug-likeness (QED) is 0.142. The highest BCUT2D eigenvalue weighted by molar-refractivity contribution is 6.31. The van der Waals surface area contributed by atoms with Gasteiger partial charge in [-0.3, -0.25) is 28.8 Å². The Hall–Kier alpha value is -6.86. The lowest BCUT2D eigenvalue weighted by Gasteiger charge is -2.35.